The zero-order valence-corrected chi connectivity index (χ0v) is 11.9. The molecule has 1 aromatic carbocycles. The number of anilines is 1. The Morgan fingerprint density at radius 3 is 2.74 bits per heavy atom. The van der Waals surface area contributed by atoms with Gasteiger partial charge in [-0.1, -0.05) is 18.5 Å². The van der Waals surface area contributed by atoms with E-state index in [-0.39, 0.29) is 0 Å². The first-order valence-corrected chi connectivity index (χ1v) is 7.06. The maximum absolute atomic E-state index is 10.5. The summed E-state index contributed by atoms with van der Waals surface area (Å²) in [6.07, 6.45) is 3.79. The van der Waals surface area contributed by atoms with E-state index in [9.17, 15) is 5.11 Å². The monoisotopic (exact) mass is 278 g/mol. The van der Waals surface area contributed by atoms with Gasteiger partial charge in [0.15, 0.2) is 0 Å². The molecule has 1 saturated carbocycles. The second kappa shape index (κ2) is 5.81. The van der Waals surface area contributed by atoms with E-state index in [4.69, 9.17) is 16.9 Å². The third-order valence-corrected chi connectivity index (χ3v) is 4.22. The van der Waals surface area contributed by atoms with Crippen molar-refractivity contribution in [3.05, 3.63) is 28.8 Å². The zero-order valence-electron chi connectivity index (χ0n) is 11.1. The Kier molecular flexibility index (Phi) is 4.34. The van der Waals surface area contributed by atoms with Crippen LogP contribution in [-0.4, -0.2) is 17.3 Å². The molecule has 3 nitrogen and oxygen atoms in total. The van der Waals surface area contributed by atoms with Crippen molar-refractivity contribution in [3.8, 4) is 6.07 Å². The zero-order chi connectivity index (χ0) is 13.9. The van der Waals surface area contributed by atoms with Crippen LogP contribution in [0.1, 0.15) is 38.2 Å². The number of aliphatic hydroxyl groups is 1. The van der Waals surface area contributed by atoms with Gasteiger partial charge in [0.05, 0.1) is 27.9 Å². The number of rotatable bonds is 3. The van der Waals surface area contributed by atoms with Gasteiger partial charge >= 0.3 is 0 Å². The number of nitriles is 1. The van der Waals surface area contributed by atoms with Crippen molar-refractivity contribution in [3.63, 3.8) is 0 Å². The Morgan fingerprint density at radius 1 is 1.47 bits per heavy atom. The van der Waals surface area contributed by atoms with E-state index in [0.29, 0.717) is 23.0 Å². The molecule has 4 heteroatoms. The van der Waals surface area contributed by atoms with Crippen molar-refractivity contribution >= 4 is 17.3 Å². The minimum atomic E-state index is -0.635. The summed E-state index contributed by atoms with van der Waals surface area (Å²) < 4.78 is 0. The minimum Gasteiger partial charge on any atom is -0.388 e. The first-order chi connectivity index (χ1) is 9.02. The van der Waals surface area contributed by atoms with Gasteiger partial charge in [-0.25, -0.2) is 0 Å². The predicted octanol–water partition coefficient (Wildman–Crippen LogP) is 3.56. The standard InChI is InChI=1S/C15H19ClN2O/c1-11-4-6-15(19,7-5-11)10-18-14-3-2-12(9-17)8-13(14)16/h2-3,8,11,18-19H,4-7,10H2,1H3. The number of nitrogens with one attached hydrogen (secondary N) is 1. The fourth-order valence-corrected chi connectivity index (χ4v) is 2.71. The lowest BCUT2D eigenvalue weighted by atomic mass is 9.79. The summed E-state index contributed by atoms with van der Waals surface area (Å²) in [7, 11) is 0. The molecule has 0 amide bonds. The molecule has 102 valence electrons. The minimum absolute atomic E-state index is 0.505. The highest BCUT2D eigenvalue weighted by Gasteiger charge is 2.31. The van der Waals surface area contributed by atoms with Crippen LogP contribution < -0.4 is 5.32 Å². The second-order valence-electron chi connectivity index (χ2n) is 5.57. The Morgan fingerprint density at radius 2 is 2.16 bits per heavy atom. The lowest BCUT2D eigenvalue weighted by Crippen LogP contribution is -2.40. The molecule has 19 heavy (non-hydrogen) atoms. The SMILES string of the molecule is CC1CCC(O)(CNc2ccc(C#N)cc2Cl)CC1. The molecule has 1 aromatic rings. The Bertz CT molecular complexity index is 487. The van der Waals surface area contributed by atoms with Gasteiger partial charge in [-0.3, -0.25) is 0 Å². The molecule has 2 N–H and O–H groups in total. The molecular formula is C15H19ClN2O. The second-order valence-corrected chi connectivity index (χ2v) is 5.97. The van der Waals surface area contributed by atoms with Crippen molar-refractivity contribution in [1.82, 2.24) is 0 Å². The molecule has 1 aliphatic carbocycles. The third-order valence-electron chi connectivity index (χ3n) is 3.91. The predicted molar refractivity (Wildman–Crippen MR) is 77.2 cm³/mol. The van der Waals surface area contributed by atoms with Crippen molar-refractivity contribution in [2.24, 2.45) is 5.92 Å². The molecule has 0 spiro atoms. The van der Waals surface area contributed by atoms with Crippen molar-refractivity contribution in [1.29, 1.82) is 5.26 Å². The lowest BCUT2D eigenvalue weighted by molar-refractivity contribution is 0.00501. The van der Waals surface area contributed by atoms with Crippen LogP contribution in [0.25, 0.3) is 0 Å². The van der Waals surface area contributed by atoms with Gasteiger partial charge in [-0.05, 0) is 49.8 Å². The van der Waals surface area contributed by atoms with Gasteiger partial charge in [0.1, 0.15) is 0 Å². The number of hydrogen-bond acceptors (Lipinski definition) is 3. The molecule has 0 unspecified atom stereocenters. The Hall–Kier alpha value is -1.24. The molecule has 2 rings (SSSR count). The summed E-state index contributed by atoms with van der Waals surface area (Å²) in [6, 6.07) is 7.20. The van der Waals surface area contributed by atoms with Gasteiger partial charge in [0, 0.05) is 6.54 Å². The number of benzene rings is 1. The highest BCUT2D eigenvalue weighted by molar-refractivity contribution is 6.33. The largest absolute Gasteiger partial charge is 0.388 e. The lowest BCUT2D eigenvalue weighted by Gasteiger charge is -2.35. The van der Waals surface area contributed by atoms with E-state index >= 15 is 0 Å². The average molecular weight is 279 g/mol. The average Bonchev–Trinajstić information content (AvgIpc) is 2.41. The van der Waals surface area contributed by atoms with E-state index in [1.807, 2.05) is 0 Å². The summed E-state index contributed by atoms with van der Waals surface area (Å²) in [4.78, 5) is 0. The molecule has 0 bridgehead atoms. The van der Waals surface area contributed by atoms with E-state index in [1.165, 1.54) is 0 Å². The summed E-state index contributed by atoms with van der Waals surface area (Å²) in [5.41, 5.74) is 0.678. The van der Waals surface area contributed by atoms with Gasteiger partial charge in [-0.15, -0.1) is 0 Å². The molecule has 0 radical (unpaired) electrons. The number of nitrogens with zero attached hydrogens (tertiary/aromatic N) is 1. The van der Waals surface area contributed by atoms with Crippen LogP contribution in [0.2, 0.25) is 5.02 Å². The summed E-state index contributed by atoms with van der Waals surface area (Å²) >= 11 is 6.10. The number of hydrogen-bond donors (Lipinski definition) is 2. The quantitative estimate of drug-likeness (QED) is 0.889. The molecule has 0 atom stereocenters. The normalized spacial score (nSPS) is 26.7. The summed E-state index contributed by atoms with van der Waals surface area (Å²) in [5.74, 6) is 0.707. The molecule has 0 saturated heterocycles. The van der Waals surface area contributed by atoms with E-state index in [0.717, 1.165) is 31.4 Å². The highest BCUT2D eigenvalue weighted by Crippen LogP contribution is 2.32. The summed E-state index contributed by atoms with van der Waals surface area (Å²) in [5, 5.41) is 23.0. The fraction of sp³-hybridized carbons (Fsp3) is 0.533. The van der Waals surface area contributed by atoms with Crippen LogP contribution in [0.4, 0.5) is 5.69 Å². The van der Waals surface area contributed by atoms with E-state index < -0.39 is 5.60 Å². The maximum Gasteiger partial charge on any atom is 0.0992 e. The fourth-order valence-electron chi connectivity index (χ4n) is 2.46. The Balaban J connectivity index is 1.97. The topological polar surface area (TPSA) is 56.0 Å². The molecule has 1 fully saturated rings. The van der Waals surface area contributed by atoms with Crippen molar-refractivity contribution < 1.29 is 5.11 Å². The van der Waals surface area contributed by atoms with Gasteiger partial charge in [0.2, 0.25) is 0 Å². The molecule has 0 aliphatic heterocycles. The maximum atomic E-state index is 10.5. The summed E-state index contributed by atoms with van der Waals surface area (Å²) in [6.45, 7) is 2.73. The Labute approximate surface area is 119 Å². The van der Waals surface area contributed by atoms with Crippen molar-refractivity contribution in [2.45, 2.75) is 38.2 Å². The first-order valence-electron chi connectivity index (χ1n) is 6.68. The van der Waals surface area contributed by atoms with Crippen LogP contribution in [-0.2, 0) is 0 Å². The van der Waals surface area contributed by atoms with Gasteiger partial charge < -0.3 is 10.4 Å². The van der Waals surface area contributed by atoms with E-state index in [2.05, 4.69) is 18.3 Å². The van der Waals surface area contributed by atoms with Gasteiger partial charge in [-0.2, -0.15) is 5.26 Å². The first kappa shape index (κ1) is 14.2. The molecule has 1 aliphatic rings. The van der Waals surface area contributed by atoms with Crippen LogP contribution in [0.5, 0.6) is 0 Å². The van der Waals surface area contributed by atoms with Crippen LogP contribution in [0.15, 0.2) is 18.2 Å². The molecular weight excluding hydrogens is 260 g/mol. The van der Waals surface area contributed by atoms with Crippen LogP contribution in [0.3, 0.4) is 0 Å². The highest BCUT2D eigenvalue weighted by atomic mass is 35.5. The molecule has 0 aromatic heterocycles. The smallest absolute Gasteiger partial charge is 0.0992 e. The van der Waals surface area contributed by atoms with Crippen molar-refractivity contribution in [2.75, 3.05) is 11.9 Å². The van der Waals surface area contributed by atoms with Gasteiger partial charge in [0.25, 0.3) is 0 Å². The van der Waals surface area contributed by atoms with E-state index in [1.54, 1.807) is 18.2 Å². The third kappa shape index (κ3) is 3.62. The molecule has 0 heterocycles. The number of halogens is 1. The van der Waals surface area contributed by atoms with Crippen LogP contribution in [0, 0.1) is 17.2 Å². The van der Waals surface area contributed by atoms with Crippen LogP contribution >= 0.6 is 11.6 Å².